The van der Waals surface area contributed by atoms with Gasteiger partial charge in [0.15, 0.2) is 5.96 Å². The second-order valence-corrected chi connectivity index (χ2v) is 11.2. The van der Waals surface area contributed by atoms with Crippen LogP contribution in [0, 0.1) is 17.7 Å². The van der Waals surface area contributed by atoms with Gasteiger partial charge < -0.3 is 15.8 Å². The molecule has 36 heavy (non-hydrogen) atoms. The van der Waals surface area contributed by atoms with E-state index >= 15 is 0 Å². The van der Waals surface area contributed by atoms with E-state index in [9.17, 15) is 14.0 Å². The summed E-state index contributed by atoms with van der Waals surface area (Å²) >= 11 is 0. The zero-order valence-electron chi connectivity index (χ0n) is 21.0. The van der Waals surface area contributed by atoms with E-state index in [0.29, 0.717) is 24.2 Å². The zero-order chi connectivity index (χ0) is 25.8. The number of hydrogen-bond donors (Lipinski definition) is 2. The maximum atomic E-state index is 14.7. The molecule has 1 aromatic heterocycles. The first-order chi connectivity index (χ1) is 17.0. The second kappa shape index (κ2) is 8.57. The van der Waals surface area contributed by atoms with Gasteiger partial charge in [0.05, 0.1) is 29.6 Å². The van der Waals surface area contributed by atoms with Gasteiger partial charge in [0.1, 0.15) is 17.2 Å². The maximum absolute atomic E-state index is 14.7. The smallest absolute Gasteiger partial charge is 0.232 e. The van der Waals surface area contributed by atoms with Crippen LogP contribution in [0.2, 0.25) is 0 Å². The topological polar surface area (TPSA) is 110 Å². The van der Waals surface area contributed by atoms with Crippen molar-refractivity contribution >= 4 is 17.8 Å². The molecule has 1 fully saturated rings. The molecule has 2 amide bonds. The van der Waals surface area contributed by atoms with Gasteiger partial charge in [0.25, 0.3) is 0 Å². The number of aliphatic imine (C=N–C) groups is 1. The van der Waals surface area contributed by atoms with Gasteiger partial charge in [-0.05, 0) is 63.8 Å². The molecular formula is C27H32FN5O3. The van der Waals surface area contributed by atoms with Crippen LogP contribution in [0.5, 0.6) is 5.75 Å². The minimum absolute atomic E-state index is 0.130. The molecule has 4 atom stereocenters. The summed E-state index contributed by atoms with van der Waals surface area (Å²) in [5.41, 5.74) is 6.33. The third kappa shape index (κ3) is 4.54. The van der Waals surface area contributed by atoms with Crippen molar-refractivity contribution < 1.29 is 18.7 Å². The van der Waals surface area contributed by atoms with Crippen LogP contribution in [-0.4, -0.2) is 38.8 Å². The number of ether oxygens (including phenoxy) is 1. The van der Waals surface area contributed by atoms with Gasteiger partial charge >= 0.3 is 0 Å². The minimum Gasteiger partial charge on any atom is -0.487 e. The molecule has 8 nitrogen and oxygen atoms in total. The Morgan fingerprint density at radius 3 is 2.72 bits per heavy atom. The number of carbonyl (C=O) groups excluding carboxylic acids is 2. The molecule has 0 saturated heterocycles. The molecule has 3 aliphatic rings. The minimum atomic E-state index is -0.579. The van der Waals surface area contributed by atoms with E-state index in [1.54, 1.807) is 30.6 Å². The van der Waals surface area contributed by atoms with E-state index in [0.717, 1.165) is 5.56 Å². The first-order valence-electron chi connectivity index (χ1n) is 12.3. The number of guanidine groups is 1. The van der Waals surface area contributed by atoms with Crippen molar-refractivity contribution in [3.05, 3.63) is 59.7 Å². The highest BCUT2D eigenvalue weighted by Gasteiger charge is 2.53. The van der Waals surface area contributed by atoms with E-state index in [2.05, 4.69) is 15.3 Å². The third-order valence-electron chi connectivity index (χ3n) is 7.16. The van der Waals surface area contributed by atoms with E-state index in [4.69, 9.17) is 10.5 Å². The lowest BCUT2D eigenvalue weighted by molar-refractivity contribution is -0.132. The van der Waals surface area contributed by atoms with Crippen LogP contribution in [0.4, 0.5) is 4.39 Å². The number of halogens is 1. The number of rotatable bonds is 5. The fourth-order valence-electron chi connectivity index (χ4n) is 5.57. The molecule has 5 rings (SSSR count). The summed E-state index contributed by atoms with van der Waals surface area (Å²) in [6.07, 6.45) is 4.60. The number of fused-ring (bicyclic) bond motifs is 1. The van der Waals surface area contributed by atoms with E-state index in [1.165, 1.54) is 11.0 Å². The van der Waals surface area contributed by atoms with Gasteiger partial charge in [-0.2, -0.15) is 0 Å². The van der Waals surface area contributed by atoms with Gasteiger partial charge in [-0.25, -0.2) is 9.38 Å². The Morgan fingerprint density at radius 1 is 1.25 bits per heavy atom. The molecule has 3 heterocycles. The summed E-state index contributed by atoms with van der Waals surface area (Å²) in [5.74, 6) is -0.631. The summed E-state index contributed by atoms with van der Waals surface area (Å²) in [7, 11) is 0. The van der Waals surface area contributed by atoms with Gasteiger partial charge in [0, 0.05) is 24.7 Å². The predicted octanol–water partition coefficient (Wildman–Crippen LogP) is 3.64. The zero-order valence-corrected chi connectivity index (χ0v) is 21.0. The Kier molecular flexibility index (Phi) is 5.76. The van der Waals surface area contributed by atoms with Crippen molar-refractivity contribution in [2.45, 2.75) is 70.2 Å². The van der Waals surface area contributed by atoms with Crippen molar-refractivity contribution in [3.8, 4) is 5.75 Å². The Bertz CT molecular complexity index is 1230. The van der Waals surface area contributed by atoms with Crippen LogP contribution in [-0.2, 0) is 9.59 Å². The Labute approximate surface area is 210 Å². The largest absolute Gasteiger partial charge is 0.487 e. The molecule has 1 saturated carbocycles. The lowest BCUT2D eigenvalue weighted by Gasteiger charge is -2.38. The standard InChI is InChI=1S/C27H32FN5O3/c1-26(2)13-21(34)33(25(29)32-26)23(15-7-6-10-30-14-15)16-11-17(16)24(35)31-19-12-27(3,4)36-20-9-5-8-18(28)22(19)20/h5-10,14,16-17,19,23H,11-13H2,1-4H3,(H2,29,32)(H,31,35)/t16-,17-,19?,23+/m1/s1. The molecule has 2 aromatic rings. The fraction of sp³-hybridized carbons (Fsp3) is 0.481. The fourth-order valence-corrected chi connectivity index (χ4v) is 5.57. The number of amides is 2. The van der Waals surface area contributed by atoms with Crippen molar-refractivity contribution in [1.29, 1.82) is 0 Å². The number of carbonyl (C=O) groups is 2. The second-order valence-electron chi connectivity index (χ2n) is 11.2. The highest BCUT2D eigenvalue weighted by Crippen LogP contribution is 2.51. The molecule has 0 bridgehead atoms. The Balaban J connectivity index is 1.40. The van der Waals surface area contributed by atoms with Crippen LogP contribution in [0.25, 0.3) is 0 Å². The van der Waals surface area contributed by atoms with Crippen LogP contribution in [0.3, 0.4) is 0 Å². The van der Waals surface area contributed by atoms with Crippen molar-refractivity contribution in [2.24, 2.45) is 22.6 Å². The van der Waals surface area contributed by atoms with Crippen LogP contribution >= 0.6 is 0 Å². The van der Waals surface area contributed by atoms with Crippen LogP contribution < -0.4 is 15.8 Å². The number of nitrogens with zero attached hydrogens (tertiary/aromatic N) is 3. The van der Waals surface area contributed by atoms with Crippen LogP contribution in [0.1, 0.15) is 70.2 Å². The molecule has 3 N–H and O–H groups in total. The number of benzene rings is 1. The SMILES string of the molecule is CC1(C)CC(=O)N([C@@H](c2cccnc2)[C@@H]2C[C@H]2C(=O)NC2CC(C)(C)Oc3cccc(F)c32)C(N)=N1. The number of hydrogen-bond acceptors (Lipinski definition) is 6. The van der Waals surface area contributed by atoms with Gasteiger partial charge in [-0.3, -0.25) is 19.5 Å². The Morgan fingerprint density at radius 2 is 2.03 bits per heavy atom. The molecule has 0 spiro atoms. The molecule has 2 aliphatic heterocycles. The summed E-state index contributed by atoms with van der Waals surface area (Å²) < 4.78 is 20.7. The summed E-state index contributed by atoms with van der Waals surface area (Å²) in [5, 5.41) is 3.07. The molecule has 1 unspecified atom stereocenters. The molecular weight excluding hydrogens is 461 g/mol. The quantitative estimate of drug-likeness (QED) is 0.661. The number of aromatic nitrogens is 1. The van der Waals surface area contributed by atoms with Crippen molar-refractivity contribution in [2.75, 3.05) is 0 Å². The highest BCUT2D eigenvalue weighted by molar-refractivity contribution is 5.99. The van der Waals surface area contributed by atoms with E-state index < -0.39 is 29.0 Å². The normalized spacial score (nSPS) is 26.8. The van der Waals surface area contributed by atoms with E-state index in [1.807, 2.05) is 33.8 Å². The summed E-state index contributed by atoms with van der Waals surface area (Å²) in [6, 6.07) is 7.42. The third-order valence-corrected chi connectivity index (χ3v) is 7.16. The first kappa shape index (κ1) is 24.2. The molecule has 9 heteroatoms. The van der Waals surface area contributed by atoms with Crippen molar-refractivity contribution in [3.63, 3.8) is 0 Å². The van der Waals surface area contributed by atoms with Crippen molar-refractivity contribution in [1.82, 2.24) is 15.2 Å². The number of nitrogens with two attached hydrogens (primary N) is 1. The highest BCUT2D eigenvalue weighted by atomic mass is 19.1. The maximum Gasteiger partial charge on any atom is 0.232 e. The summed E-state index contributed by atoms with van der Waals surface area (Å²) in [4.78, 5) is 36.9. The average Bonchev–Trinajstić information content (AvgIpc) is 3.55. The van der Waals surface area contributed by atoms with Crippen LogP contribution in [0.15, 0.2) is 47.7 Å². The average molecular weight is 494 g/mol. The van der Waals surface area contributed by atoms with Gasteiger partial charge in [-0.15, -0.1) is 0 Å². The number of nitrogens with one attached hydrogen (secondary N) is 1. The lowest BCUT2D eigenvalue weighted by atomic mass is 9.89. The molecule has 0 radical (unpaired) electrons. The van der Waals surface area contributed by atoms with Gasteiger partial charge in [-0.1, -0.05) is 12.1 Å². The monoisotopic (exact) mass is 493 g/mol. The Hall–Kier alpha value is -3.49. The molecule has 190 valence electrons. The number of pyridine rings is 1. The molecule has 1 aliphatic carbocycles. The predicted molar refractivity (Wildman–Crippen MR) is 132 cm³/mol. The van der Waals surface area contributed by atoms with E-state index in [-0.39, 0.29) is 36.0 Å². The summed E-state index contributed by atoms with van der Waals surface area (Å²) in [6.45, 7) is 7.58. The van der Waals surface area contributed by atoms with Gasteiger partial charge in [0.2, 0.25) is 11.8 Å². The molecule has 1 aromatic carbocycles. The lowest BCUT2D eigenvalue weighted by Crippen LogP contribution is -2.52. The first-order valence-corrected chi connectivity index (χ1v) is 12.3.